The first-order valence-corrected chi connectivity index (χ1v) is 5.01. The number of hydrogen-bond donors (Lipinski definition) is 2. The van der Waals surface area contributed by atoms with Crippen LogP contribution < -0.4 is 11.2 Å². The molecule has 0 radical (unpaired) electrons. The molecule has 0 saturated carbocycles. The number of terminal acetylenes is 1. The van der Waals surface area contributed by atoms with Crippen LogP contribution in [0.1, 0.15) is 34.1 Å². The van der Waals surface area contributed by atoms with E-state index in [1.165, 1.54) is 0 Å². The minimum atomic E-state index is -0.660. The van der Waals surface area contributed by atoms with E-state index in [4.69, 9.17) is 12.2 Å². The number of hydrazone groups is 1. The minimum absolute atomic E-state index is 0.0939. The molecule has 4 heteroatoms. The first kappa shape index (κ1) is 14.2. The van der Waals surface area contributed by atoms with Gasteiger partial charge in [0.2, 0.25) is 0 Å². The monoisotopic (exact) mass is 221 g/mol. The summed E-state index contributed by atoms with van der Waals surface area (Å²) >= 11 is 0. The normalized spacial score (nSPS) is 13.2. The van der Waals surface area contributed by atoms with Crippen molar-refractivity contribution in [3.63, 3.8) is 0 Å². The average Bonchev–Trinajstić information content (AvgIpc) is 2.13. The molecule has 0 bridgehead atoms. The van der Waals surface area contributed by atoms with Crippen LogP contribution in [0, 0.1) is 17.8 Å². The number of carbonyl (C=O) groups is 1. The molecule has 4 nitrogen and oxygen atoms in total. The molecule has 0 aromatic carbocycles. The smallest absolute Gasteiger partial charge is 0.332 e. The van der Waals surface area contributed by atoms with Gasteiger partial charge < -0.3 is 5.73 Å². The van der Waals surface area contributed by atoms with Gasteiger partial charge in [-0.1, -0.05) is 25.8 Å². The third-order valence-corrected chi connectivity index (χ3v) is 1.90. The summed E-state index contributed by atoms with van der Waals surface area (Å²) in [4.78, 5) is 10.5. The molecule has 0 aliphatic heterocycles. The van der Waals surface area contributed by atoms with E-state index in [1.807, 2.05) is 19.9 Å². The Hall–Kier alpha value is -1.76. The van der Waals surface area contributed by atoms with Crippen LogP contribution >= 0.6 is 0 Å². The lowest BCUT2D eigenvalue weighted by Gasteiger charge is -2.20. The minimum Gasteiger partial charge on any atom is -0.350 e. The van der Waals surface area contributed by atoms with Crippen molar-refractivity contribution in [3.05, 3.63) is 11.6 Å². The lowest BCUT2D eigenvalue weighted by Crippen LogP contribution is -2.26. The van der Waals surface area contributed by atoms with Crippen LogP contribution in [-0.4, -0.2) is 11.7 Å². The summed E-state index contributed by atoms with van der Waals surface area (Å²) in [5.74, 6) is 2.58. The van der Waals surface area contributed by atoms with Crippen molar-refractivity contribution in [2.75, 3.05) is 0 Å². The van der Waals surface area contributed by atoms with E-state index in [2.05, 4.69) is 30.3 Å². The van der Waals surface area contributed by atoms with Gasteiger partial charge in [0.25, 0.3) is 0 Å². The van der Waals surface area contributed by atoms with Gasteiger partial charge in [-0.3, -0.25) is 0 Å². The predicted molar refractivity (Wildman–Crippen MR) is 66.8 cm³/mol. The fourth-order valence-electron chi connectivity index (χ4n) is 1.53. The molecular formula is C12H19N3O. The van der Waals surface area contributed by atoms with Crippen LogP contribution in [0.4, 0.5) is 4.79 Å². The van der Waals surface area contributed by atoms with Gasteiger partial charge in [0.05, 0.1) is 0 Å². The first-order valence-electron chi connectivity index (χ1n) is 5.01. The standard InChI is InChI=1S/C12H19N3O/c1-6-9(2)7-12(4,5)8-10(3)14-15-11(13)16/h1,7H,8H2,2-5H3,(H3,13,15,16). The molecule has 0 spiro atoms. The second-order valence-corrected chi connectivity index (χ2v) is 4.46. The van der Waals surface area contributed by atoms with Gasteiger partial charge in [-0.2, -0.15) is 5.10 Å². The van der Waals surface area contributed by atoms with Crippen LogP contribution in [0.2, 0.25) is 0 Å². The van der Waals surface area contributed by atoms with E-state index >= 15 is 0 Å². The number of primary amides is 1. The fraction of sp³-hybridized carbons (Fsp3) is 0.500. The molecule has 0 aliphatic rings. The Balaban J connectivity index is 4.54. The maximum atomic E-state index is 10.5. The van der Waals surface area contributed by atoms with E-state index in [9.17, 15) is 4.79 Å². The number of hydrogen-bond acceptors (Lipinski definition) is 2. The van der Waals surface area contributed by atoms with Crippen LogP contribution in [0.5, 0.6) is 0 Å². The molecule has 2 amide bonds. The molecule has 16 heavy (non-hydrogen) atoms. The van der Waals surface area contributed by atoms with Crippen LogP contribution in [0.3, 0.4) is 0 Å². The molecule has 0 aliphatic carbocycles. The van der Waals surface area contributed by atoms with Gasteiger partial charge in [0.1, 0.15) is 0 Å². The van der Waals surface area contributed by atoms with E-state index in [1.54, 1.807) is 0 Å². The van der Waals surface area contributed by atoms with Crippen LogP contribution in [0.15, 0.2) is 16.8 Å². The van der Waals surface area contributed by atoms with Crippen molar-refractivity contribution < 1.29 is 4.79 Å². The van der Waals surface area contributed by atoms with Crippen molar-refractivity contribution in [3.8, 4) is 12.3 Å². The highest BCUT2D eigenvalue weighted by Gasteiger charge is 2.16. The van der Waals surface area contributed by atoms with E-state index < -0.39 is 6.03 Å². The first-order chi connectivity index (χ1) is 7.26. The summed E-state index contributed by atoms with van der Waals surface area (Å²) in [5.41, 5.74) is 8.70. The summed E-state index contributed by atoms with van der Waals surface area (Å²) in [6, 6.07) is -0.660. The summed E-state index contributed by atoms with van der Waals surface area (Å²) < 4.78 is 0. The van der Waals surface area contributed by atoms with Crippen molar-refractivity contribution in [2.45, 2.75) is 34.1 Å². The van der Waals surface area contributed by atoms with E-state index in [-0.39, 0.29) is 5.41 Å². The van der Waals surface area contributed by atoms with Gasteiger partial charge in [-0.15, -0.1) is 6.42 Å². The zero-order valence-electron chi connectivity index (χ0n) is 10.3. The molecule has 0 aromatic heterocycles. The van der Waals surface area contributed by atoms with Gasteiger partial charge in [-0.25, -0.2) is 10.2 Å². The molecule has 0 fully saturated rings. The quantitative estimate of drug-likeness (QED) is 0.425. The van der Waals surface area contributed by atoms with Crippen molar-refractivity contribution in [1.29, 1.82) is 0 Å². The zero-order chi connectivity index (χ0) is 12.8. The largest absolute Gasteiger partial charge is 0.350 e. The summed E-state index contributed by atoms with van der Waals surface area (Å²) in [5, 5.41) is 3.85. The molecule has 0 aromatic rings. The molecule has 0 heterocycles. The number of nitrogens with zero attached hydrogens (tertiary/aromatic N) is 1. The second kappa shape index (κ2) is 5.96. The van der Waals surface area contributed by atoms with Crippen molar-refractivity contribution in [2.24, 2.45) is 16.3 Å². The zero-order valence-corrected chi connectivity index (χ0v) is 10.3. The van der Waals surface area contributed by atoms with E-state index in [0.717, 1.165) is 11.3 Å². The summed E-state index contributed by atoms with van der Waals surface area (Å²) in [7, 11) is 0. The SMILES string of the molecule is C#CC(C)=CC(C)(C)CC(C)=NNC(N)=O. The Kier molecular flexibility index (Phi) is 5.31. The number of nitrogens with two attached hydrogens (primary N) is 1. The molecule has 0 rings (SSSR count). The maximum Gasteiger partial charge on any atom is 0.332 e. The van der Waals surface area contributed by atoms with Crippen LogP contribution in [-0.2, 0) is 0 Å². The Morgan fingerprint density at radius 3 is 2.56 bits per heavy atom. The maximum absolute atomic E-state index is 10.5. The van der Waals surface area contributed by atoms with Crippen molar-refractivity contribution in [1.82, 2.24) is 5.43 Å². The molecule has 88 valence electrons. The highest BCUT2D eigenvalue weighted by atomic mass is 16.2. The number of amides is 2. The lowest BCUT2D eigenvalue weighted by atomic mass is 9.85. The Labute approximate surface area is 97.0 Å². The number of nitrogens with one attached hydrogen (secondary N) is 1. The average molecular weight is 221 g/mol. The Morgan fingerprint density at radius 2 is 2.12 bits per heavy atom. The number of urea groups is 1. The topological polar surface area (TPSA) is 67.5 Å². The third-order valence-electron chi connectivity index (χ3n) is 1.90. The molecule has 3 N–H and O–H groups in total. The van der Waals surface area contributed by atoms with Gasteiger partial charge in [0, 0.05) is 5.71 Å². The van der Waals surface area contributed by atoms with Crippen LogP contribution in [0.25, 0.3) is 0 Å². The number of rotatable bonds is 4. The molecule has 0 atom stereocenters. The Morgan fingerprint density at radius 1 is 1.56 bits per heavy atom. The Bertz CT molecular complexity index is 359. The second-order valence-electron chi connectivity index (χ2n) is 4.46. The molecule has 0 saturated heterocycles. The molecular weight excluding hydrogens is 202 g/mol. The summed E-state index contributed by atoms with van der Waals surface area (Å²) in [6.07, 6.45) is 8.00. The van der Waals surface area contributed by atoms with Gasteiger partial charge in [-0.05, 0) is 31.3 Å². The third kappa shape index (κ3) is 6.66. The number of carbonyl (C=O) groups excluding carboxylic acids is 1. The lowest BCUT2D eigenvalue weighted by molar-refractivity contribution is 0.249. The van der Waals surface area contributed by atoms with Gasteiger partial charge >= 0.3 is 6.03 Å². The highest BCUT2D eigenvalue weighted by molar-refractivity contribution is 5.84. The molecule has 0 unspecified atom stereocenters. The van der Waals surface area contributed by atoms with Crippen molar-refractivity contribution >= 4 is 11.7 Å². The van der Waals surface area contributed by atoms with E-state index in [0.29, 0.717) is 6.42 Å². The summed E-state index contributed by atoms with van der Waals surface area (Å²) in [6.45, 7) is 7.82. The number of allylic oxidation sites excluding steroid dienone is 2. The van der Waals surface area contributed by atoms with Gasteiger partial charge in [0.15, 0.2) is 0 Å². The fourth-order valence-corrected chi connectivity index (χ4v) is 1.53. The predicted octanol–water partition coefficient (Wildman–Crippen LogP) is 2.03. The highest BCUT2D eigenvalue weighted by Crippen LogP contribution is 2.24.